The fourth-order valence-corrected chi connectivity index (χ4v) is 3.57. The number of nitrogens with zero attached hydrogens (tertiary/aromatic N) is 1. The largest absolute Gasteiger partial charge is 0.352 e. The van der Waals surface area contributed by atoms with Gasteiger partial charge in [0.25, 0.3) is 0 Å². The molecule has 3 rings (SSSR count). The second-order valence-electron chi connectivity index (χ2n) is 6.40. The molecule has 0 aliphatic carbocycles. The van der Waals surface area contributed by atoms with E-state index in [1.807, 2.05) is 4.90 Å². The van der Waals surface area contributed by atoms with Crippen LogP contribution in [0.4, 0.5) is 4.79 Å². The van der Waals surface area contributed by atoms with Gasteiger partial charge in [-0.1, -0.05) is 42.5 Å². The van der Waals surface area contributed by atoms with E-state index in [0.717, 1.165) is 12.8 Å². The molecule has 1 fully saturated rings. The monoisotopic (exact) mass is 325 g/mol. The normalized spacial score (nSPS) is 16.8. The van der Waals surface area contributed by atoms with Gasteiger partial charge < -0.3 is 16.0 Å². The molecule has 0 spiro atoms. The summed E-state index contributed by atoms with van der Waals surface area (Å²) >= 11 is 0. The third-order valence-electron chi connectivity index (χ3n) is 4.80. The van der Waals surface area contributed by atoms with E-state index >= 15 is 0 Å². The van der Waals surface area contributed by atoms with Crippen molar-refractivity contribution in [3.63, 3.8) is 0 Å². The Morgan fingerprint density at radius 1 is 1.12 bits per heavy atom. The van der Waals surface area contributed by atoms with Crippen LogP contribution in [-0.2, 0) is 4.79 Å². The van der Waals surface area contributed by atoms with Crippen LogP contribution in [0.2, 0.25) is 0 Å². The first-order chi connectivity index (χ1) is 11.6. The highest BCUT2D eigenvalue weighted by atomic mass is 16.2. The van der Waals surface area contributed by atoms with Crippen molar-refractivity contribution in [2.75, 3.05) is 13.1 Å². The van der Waals surface area contributed by atoms with Crippen LogP contribution in [0, 0.1) is 0 Å². The predicted octanol–water partition coefficient (Wildman–Crippen LogP) is 2.60. The van der Waals surface area contributed by atoms with Crippen LogP contribution in [0.15, 0.2) is 42.5 Å². The molecule has 2 aromatic rings. The lowest BCUT2D eigenvalue weighted by Gasteiger charge is -2.34. The van der Waals surface area contributed by atoms with E-state index in [0.29, 0.717) is 19.0 Å². The molecule has 3 amide bonds. The number of fused-ring (bicyclic) bond motifs is 1. The molecule has 0 aromatic heterocycles. The molecule has 5 heteroatoms. The van der Waals surface area contributed by atoms with Gasteiger partial charge in [0.2, 0.25) is 5.91 Å². The average molecular weight is 325 g/mol. The Morgan fingerprint density at radius 2 is 1.79 bits per heavy atom. The van der Waals surface area contributed by atoms with Crippen LogP contribution in [0.3, 0.4) is 0 Å². The summed E-state index contributed by atoms with van der Waals surface area (Å²) in [4.78, 5) is 25.1. The first-order valence-electron chi connectivity index (χ1n) is 8.38. The minimum absolute atomic E-state index is 0.0647. The second-order valence-corrected chi connectivity index (χ2v) is 6.40. The number of nitrogens with one attached hydrogen (secondary N) is 1. The number of carbonyl (C=O) groups is 2. The maximum atomic E-state index is 12.3. The Hall–Kier alpha value is -2.56. The Labute approximate surface area is 141 Å². The molecule has 1 saturated heterocycles. The van der Waals surface area contributed by atoms with Crippen molar-refractivity contribution in [1.82, 2.24) is 10.2 Å². The lowest BCUT2D eigenvalue weighted by molar-refractivity contribution is -0.133. The summed E-state index contributed by atoms with van der Waals surface area (Å²) in [5.41, 5.74) is 6.46. The highest BCUT2D eigenvalue weighted by Crippen LogP contribution is 2.33. The zero-order valence-electron chi connectivity index (χ0n) is 13.9. The fraction of sp³-hybridized carbons (Fsp3) is 0.368. The number of hydrogen-bond donors (Lipinski definition) is 2. The number of likely N-dealkylation sites (tertiary alicyclic amines) is 1. The molecule has 1 aliphatic rings. The Bertz CT molecular complexity index is 746. The van der Waals surface area contributed by atoms with Crippen molar-refractivity contribution in [3.8, 4) is 0 Å². The third kappa shape index (κ3) is 3.35. The number of hydrogen-bond acceptors (Lipinski definition) is 2. The summed E-state index contributed by atoms with van der Waals surface area (Å²) in [6, 6.07) is 13.6. The Balaban J connectivity index is 1.68. The van der Waals surface area contributed by atoms with E-state index in [2.05, 4.69) is 47.8 Å². The van der Waals surface area contributed by atoms with Gasteiger partial charge in [0, 0.05) is 13.1 Å². The molecular formula is C19H23N3O2. The summed E-state index contributed by atoms with van der Waals surface area (Å²) < 4.78 is 0. The molecule has 1 heterocycles. The molecule has 1 atom stereocenters. The van der Waals surface area contributed by atoms with Crippen molar-refractivity contribution < 1.29 is 9.59 Å². The van der Waals surface area contributed by atoms with E-state index in [1.54, 1.807) is 6.92 Å². The first-order valence-corrected chi connectivity index (χ1v) is 8.38. The summed E-state index contributed by atoms with van der Waals surface area (Å²) in [5, 5.41) is 5.01. The molecule has 1 aliphatic heterocycles. The minimum Gasteiger partial charge on any atom is -0.352 e. The molecule has 24 heavy (non-hydrogen) atoms. The van der Waals surface area contributed by atoms with Gasteiger partial charge in [0.05, 0.1) is 0 Å². The standard InChI is InChI=1S/C19H23N3O2/c1-13(21-19(20)24)18(23)22-11-9-15(10-12-22)17-8-4-6-14-5-2-3-7-16(14)17/h2-8,13,15H,9-12H2,1H3,(H3,20,21,24). The second kappa shape index (κ2) is 6.91. The van der Waals surface area contributed by atoms with Crippen molar-refractivity contribution in [3.05, 3.63) is 48.0 Å². The molecule has 0 bridgehead atoms. The lowest BCUT2D eigenvalue weighted by atomic mass is 9.86. The number of amides is 3. The predicted molar refractivity (Wildman–Crippen MR) is 94.7 cm³/mol. The van der Waals surface area contributed by atoms with Gasteiger partial charge in [-0.3, -0.25) is 4.79 Å². The van der Waals surface area contributed by atoms with E-state index < -0.39 is 12.1 Å². The van der Waals surface area contributed by atoms with Crippen LogP contribution in [0.25, 0.3) is 10.8 Å². The molecule has 0 radical (unpaired) electrons. The summed E-state index contributed by atoms with van der Waals surface area (Å²) in [6.07, 6.45) is 1.87. The number of carbonyl (C=O) groups excluding carboxylic acids is 2. The van der Waals surface area contributed by atoms with Gasteiger partial charge in [-0.05, 0) is 42.0 Å². The van der Waals surface area contributed by atoms with E-state index in [1.165, 1.54) is 16.3 Å². The van der Waals surface area contributed by atoms with E-state index in [4.69, 9.17) is 5.73 Å². The highest BCUT2D eigenvalue weighted by molar-refractivity contribution is 5.87. The smallest absolute Gasteiger partial charge is 0.312 e. The maximum absolute atomic E-state index is 12.3. The number of piperidine rings is 1. The Kier molecular flexibility index (Phi) is 4.69. The molecule has 2 aromatic carbocycles. The van der Waals surface area contributed by atoms with Crippen LogP contribution >= 0.6 is 0 Å². The Morgan fingerprint density at radius 3 is 2.50 bits per heavy atom. The quantitative estimate of drug-likeness (QED) is 0.910. The van der Waals surface area contributed by atoms with Gasteiger partial charge in [-0.2, -0.15) is 0 Å². The van der Waals surface area contributed by atoms with Gasteiger partial charge in [0.1, 0.15) is 6.04 Å². The van der Waals surface area contributed by atoms with Crippen LogP contribution in [0.1, 0.15) is 31.2 Å². The molecule has 0 saturated carbocycles. The summed E-state index contributed by atoms with van der Waals surface area (Å²) in [5.74, 6) is 0.393. The van der Waals surface area contributed by atoms with Crippen molar-refractivity contribution in [1.29, 1.82) is 0 Å². The van der Waals surface area contributed by atoms with Crippen LogP contribution < -0.4 is 11.1 Å². The van der Waals surface area contributed by atoms with Gasteiger partial charge in [-0.25, -0.2) is 4.79 Å². The van der Waals surface area contributed by atoms with Crippen LogP contribution in [0.5, 0.6) is 0 Å². The molecule has 3 N–H and O–H groups in total. The van der Waals surface area contributed by atoms with Gasteiger partial charge in [0.15, 0.2) is 0 Å². The molecular weight excluding hydrogens is 302 g/mol. The number of urea groups is 1. The zero-order chi connectivity index (χ0) is 17.1. The summed E-state index contributed by atoms with van der Waals surface area (Å²) in [7, 11) is 0. The third-order valence-corrected chi connectivity index (χ3v) is 4.80. The number of primary amides is 1. The van der Waals surface area contributed by atoms with Crippen LogP contribution in [-0.4, -0.2) is 36.0 Å². The van der Waals surface area contributed by atoms with Gasteiger partial charge >= 0.3 is 6.03 Å². The minimum atomic E-state index is -0.665. The SMILES string of the molecule is CC(NC(N)=O)C(=O)N1CCC(c2cccc3ccccc23)CC1. The number of rotatable bonds is 3. The van der Waals surface area contributed by atoms with E-state index in [-0.39, 0.29) is 5.91 Å². The summed E-state index contributed by atoms with van der Waals surface area (Å²) in [6.45, 7) is 3.08. The molecule has 126 valence electrons. The average Bonchev–Trinajstić information content (AvgIpc) is 2.60. The van der Waals surface area contributed by atoms with Crippen molar-refractivity contribution >= 4 is 22.7 Å². The zero-order valence-corrected chi connectivity index (χ0v) is 13.9. The maximum Gasteiger partial charge on any atom is 0.312 e. The van der Waals surface area contributed by atoms with Gasteiger partial charge in [-0.15, -0.1) is 0 Å². The first kappa shape index (κ1) is 16.3. The molecule has 5 nitrogen and oxygen atoms in total. The number of benzene rings is 2. The number of nitrogens with two attached hydrogens (primary N) is 1. The highest BCUT2D eigenvalue weighted by Gasteiger charge is 2.27. The topological polar surface area (TPSA) is 75.4 Å². The van der Waals surface area contributed by atoms with E-state index in [9.17, 15) is 9.59 Å². The van der Waals surface area contributed by atoms with Crippen molar-refractivity contribution in [2.45, 2.75) is 31.7 Å². The van der Waals surface area contributed by atoms with Crippen molar-refractivity contribution in [2.24, 2.45) is 5.73 Å². The molecule has 1 unspecified atom stereocenters. The lowest BCUT2D eigenvalue weighted by Crippen LogP contribution is -2.50. The fourth-order valence-electron chi connectivity index (χ4n) is 3.57.